The predicted octanol–water partition coefficient (Wildman–Crippen LogP) is 2.71. The van der Waals surface area contributed by atoms with Crippen LogP contribution in [0.2, 0.25) is 0 Å². The maximum absolute atomic E-state index is 11.9. The van der Waals surface area contributed by atoms with Gasteiger partial charge in [0.1, 0.15) is 11.5 Å². The summed E-state index contributed by atoms with van der Waals surface area (Å²) in [6.07, 6.45) is 3.30. The monoisotopic (exact) mass is 353 g/mol. The van der Waals surface area contributed by atoms with E-state index < -0.39 is 5.97 Å². The highest BCUT2D eigenvalue weighted by molar-refractivity contribution is 5.89. The molecule has 0 bridgehead atoms. The fraction of sp³-hybridized carbons (Fsp3) is 0.222. The Bertz CT molecular complexity index is 934. The second-order valence-electron chi connectivity index (χ2n) is 5.40. The fourth-order valence-corrected chi connectivity index (χ4v) is 2.49. The number of urea groups is 1. The van der Waals surface area contributed by atoms with Crippen molar-refractivity contribution in [1.29, 1.82) is 0 Å². The minimum atomic E-state index is -0.457. The van der Waals surface area contributed by atoms with Crippen molar-refractivity contribution in [3.63, 3.8) is 0 Å². The van der Waals surface area contributed by atoms with Crippen LogP contribution in [0, 0.1) is 0 Å². The first-order chi connectivity index (χ1) is 12.6. The Hall–Kier alpha value is -3.42. The number of carbonyl (C=O) groups excluding carboxylic acids is 2. The Morgan fingerprint density at radius 3 is 2.73 bits per heavy atom. The number of hydrogen-bond donors (Lipinski definition) is 2. The van der Waals surface area contributed by atoms with E-state index in [1.165, 1.54) is 0 Å². The van der Waals surface area contributed by atoms with Gasteiger partial charge in [0.05, 0.1) is 12.3 Å². The summed E-state index contributed by atoms with van der Waals surface area (Å²) in [4.78, 5) is 32.0. The number of nitrogens with one attached hydrogen (secondary N) is 2. The van der Waals surface area contributed by atoms with Crippen LogP contribution in [-0.4, -0.2) is 39.5 Å². The number of pyridine rings is 2. The molecule has 3 heterocycles. The SMILES string of the molecule is CCNC(=O)Nc1ccc(-c2cccc3nc(C(=O)OCC)cn23)cn1. The van der Waals surface area contributed by atoms with Gasteiger partial charge in [-0.15, -0.1) is 0 Å². The summed E-state index contributed by atoms with van der Waals surface area (Å²) in [5.74, 6) is -0.00789. The zero-order valence-corrected chi connectivity index (χ0v) is 14.5. The van der Waals surface area contributed by atoms with Gasteiger partial charge in [0, 0.05) is 24.5 Å². The van der Waals surface area contributed by atoms with Gasteiger partial charge in [-0.2, -0.15) is 0 Å². The molecule has 0 atom stereocenters. The molecule has 0 saturated carbocycles. The molecule has 0 aromatic carbocycles. The lowest BCUT2D eigenvalue weighted by atomic mass is 10.2. The number of esters is 1. The molecule has 3 aromatic rings. The van der Waals surface area contributed by atoms with Gasteiger partial charge in [-0.25, -0.2) is 19.6 Å². The molecular weight excluding hydrogens is 334 g/mol. The van der Waals surface area contributed by atoms with Gasteiger partial charge >= 0.3 is 12.0 Å². The molecule has 134 valence electrons. The number of rotatable bonds is 5. The molecule has 0 aliphatic rings. The molecule has 0 radical (unpaired) electrons. The van der Waals surface area contributed by atoms with E-state index in [0.717, 1.165) is 11.3 Å². The first-order valence-electron chi connectivity index (χ1n) is 8.29. The molecule has 8 heteroatoms. The number of ether oxygens (including phenoxy) is 1. The van der Waals surface area contributed by atoms with Crippen LogP contribution in [-0.2, 0) is 4.74 Å². The number of imidazole rings is 1. The standard InChI is InChI=1S/C18H19N5O3/c1-3-19-18(25)22-15-9-8-12(10-20-15)14-6-5-7-16-21-13(11-23(14)16)17(24)26-4-2/h5-11H,3-4H2,1-2H3,(H2,19,20,22,25). The number of fused-ring (bicyclic) bond motifs is 1. The molecule has 0 saturated heterocycles. The molecule has 3 rings (SSSR count). The van der Waals surface area contributed by atoms with Gasteiger partial charge in [0.15, 0.2) is 5.69 Å². The van der Waals surface area contributed by atoms with Crippen molar-refractivity contribution in [2.24, 2.45) is 0 Å². The molecule has 26 heavy (non-hydrogen) atoms. The predicted molar refractivity (Wildman–Crippen MR) is 97.1 cm³/mol. The molecule has 0 aliphatic heterocycles. The summed E-state index contributed by atoms with van der Waals surface area (Å²) in [5, 5.41) is 5.29. The molecule has 0 aliphatic carbocycles. The lowest BCUT2D eigenvalue weighted by molar-refractivity contribution is 0.0520. The number of aromatic nitrogens is 3. The van der Waals surface area contributed by atoms with Gasteiger partial charge in [-0.1, -0.05) is 6.07 Å². The van der Waals surface area contributed by atoms with Crippen molar-refractivity contribution in [1.82, 2.24) is 19.7 Å². The minimum Gasteiger partial charge on any atom is -0.461 e. The van der Waals surface area contributed by atoms with Crippen molar-refractivity contribution < 1.29 is 14.3 Å². The van der Waals surface area contributed by atoms with Crippen LogP contribution in [0.5, 0.6) is 0 Å². The summed E-state index contributed by atoms with van der Waals surface area (Å²) in [7, 11) is 0. The van der Waals surface area contributed by atoms with Gasteiger partial charge in [-0.05, 0) is 38.1 Å². The third-order valence-electron chi connectivity index (χ3n) is 3.61. The maximum atomic E-state index is 11.9. The third kappa shape index (κ3) is 3.64. The normalized spacial score (nSPS) is 10.5. The van der Waals surface area contributed by atoms with E-state index in [0.29, 0.717) is 24.6 Å². The number of carbonyl (C=O) groups is 2. The molecule has 0 spiro atoms. The number of nitrogens with zero attached hydrogens (tertiary/aromatic N) is 3. The van der Waals surface area contributed by atoms with Crippen LogP contribution in [0.1, 0.15) is 24.3 Å². The zero-order valence-electron chi connectivity index (χ0n) is 14.5. The molecule has 0 unspecified atom stereocenters. The second-order valence-corrected chi connectivity index (χ2v) is 5.40. The van der Waals surface area contributed by atoms with E-state index in [9.17, 15) is 9.59 Å². The zero-order chi connectivity index (χ0) is 18.5. The summed E-state index contributed by atoms with van der Waals surface area (Å²) >= 11 is 0. The lowest BCUT2D eigenvalue weighted by Crippen LogP contribution is -2.28. The molecule has 0 fully saturated rings. The first-order valence-corrected chi connectivity index (χ1v) is 8.29. The van der Waals surface area contributed by atoms with E-state index in [1.807, 2.05) is 31.2 Å². The molecule has 3 aromatic heterocycles. The summed E-state index contributed by atoms with van der Waals surface area (Å²) < 4.78 is 6.81. The van der Waals surface area contributed by atoms with Crippen molar-refractivity contribution in [3.8, 4) is 11.3 Å². The Morgan fingerprint density at radius 1 is 1.19 bits per heavy atom. The Balaban J connectivity index is 1.90. The van der Waals surface area contributed by atoms with E-state index in [2.05, 4.69) is 20.6 Å². The Morgan fingerprint density at radius 2 is 2.04 bits per heavy atom. The number of anilines is 1. The summed E-state index contributed by atoms with van der Waals surface area (Å²) in [5.41, 5.74) is 2.53. The minimum absolute atomic E-state index is 0.252. The third-order valence-corrected chi connectivity index (χ3v) is 3.61. The number of hydrogen-bond acceptors (Lipinski definition) is 5. The average Bonchev–Trinajstić information content (AvgIpc) is 3.07. The maximum Gasteiger partial charge on any atom is 0.358 e. The fourth-order valence-electron chi connectivity index (χ4n) is 2.49. The van der Waals surface area contributed by atoms with Gasteiger partial charge in [0.25, 0.3) is 0 Å². The topological polar surface area (TPSA) is 97.6 Å². The number of amides is 2. The van der Waals surface area contributed by atoms with Crippen LogP contribution in [0.15, 0.2) is 42.7 Å². The van der Waals surface area contributed by atoms with Gasteiger partial charge in [0.2, 0.25) is 0 Å². The van der Waals surface area contributed by atoms with Crippen molar-refractivity contribution >= 4 is 23.5 Å². The Kier molecular flexibility index (Phi) is 5.12. The van der Waals surface area contributed by atoms with E-state index in [4.69, 9.17) is 4.74 Å². The molecule has 2 N–H and O–H groups in total. The van der Waals surface area contributed by atoms with Crippen LogP contribution < -0.4 is 10.6 Å². The van der Waals surface area contributed by atoms with Gasteiger partial charge in [-0.3, -0.25) is 9.72 Å². The molecular formula is C18H19N5O3. The summed E-state index contributed by atoms with van der Waals surface area (Å²) in [6, 6.07) is 8.82. The summed E-state index contributed by atoms with van der Waals surface area (Å²) in [6.45, 7) is 4.42. The van der Waals surface area contributed by atoms with Crippen molar-refractivity contribution in [2.45, 2.75) is 13.8 Å². The average molecular weight is 353 g/mol. The quantitative estimate of drug-likeness (QED) is 0.687. The van der Waals surface area contributed by atoms with Crippen LogP contribution >= 0.6 is 0 Å². The highest BCUT2D eigenvalue weighted by Crippen LogP contribution is 2.22. The highest BCUT2D eigenvalue weighted by Gasteiger charge is 2.14. The van der Waals surface area contributed by atoms with Crippen LogP contribution in [0.3, 0.4) is 0 Å². The lowest BCUT2D eigenvalue weighted by Gasteiger charge is -2.07. The van der Waals surface area contributed by atoms with Crippen molar-refractivity contribution in [2.75, 3.05) is 18.5 Å². The van der Waals surface area contributed by atoms with Crippen LogP contribution in [0.4, 0.5) is 10.6 Å². The second kappa shape index (κ2) is 7.64. The largest absolute Gasteiger partial charge is 0.461 e. The van der Waals surface area contributed by atoms with E-state index >= 15 is 0 Å². The molecule has 2 amide bonds. The van der Waals surface area contributed by atoms with Crippen molar-refractivity contribution in [3.05, 3.63) is 48.4 Å². The van der Waals surface area contributed by atoms with E-state index in [-0.39, 0.29) is 11.7 Å². The smallest absolute Gasteiger partial charge is 0.358 e. The van der Waals surface area contributed by atoms with Crippen LogP contribution in [0.25, 0.3) is 16.9 Å². The first kappa shape index (κ1) is 17.4. The molecule has 8 nitrogen and oxygen atoms in total. The van der Waals surface area contributed by atoms with E-state index in [1.54, 1.807) is 29.8 Å². The Labute approximate surface area is 150 Å². The highest BCUT2D eigenvalue weighted by atomic mass is 16.5. The van der Waals surface area contributed by atoms with Gasteiger partial charge < -0.3 is 10.1 Å².